The van der Waals surface area contributed by atoms with Gasteiger partial charge in [-0.3, -0.25) is 0 Å². The predicted molar refractivity (Wildman–Crippen MR) is 68.8 cm³/mol. The van der Waals surface area contributed by atoms with Crippen LogP contribution in [0.2, 0.25) is 5.02 Å². The highest BCUT2D eigenvalue weighted by Gasteiger charge is 2.26. The Kier molecular flexibility index (Phi) is 3.24. The van der Waals surface area contributed by atoms with E-state index in [-0.39, 0.29) is 0 Å². The van der Waals surface area contributed by atoms with E-state index in [0.717, 1.165) is 30.7 Å². The average molecular weight is 240 g/mol. The van der Waals surface area contributed by atoms with E-state index in [2.05, 4.69) is 23.7 Å². The monoisotopic (exact) mass is 239 g/mol. The van der Waals surface area contributed by atoms with E-state index in [1.807, 2.05) is 0 Å². The molecule has 1 saturated heterocycles. The second kappa shape index (κ2) is 4.50. The SMILES string of the molecule is CC(C)C1CCN(c2ncc(N)cc2Cl)C1. The molecule has 3 nitrogen and oxygen atoms in total. The fourth-order valence-corrected chi connectivity index (χ4v) is 2.50. The van der Waals surface area contributed by atoms with Crippen LogP contribution in [0.5, 0.6) is 0 Å². The summed E-state index contributed by atoms with van der Waals surface area (Å²) in [4.78, 5) is 6.58. The molecule has 4 heteroatoms. The molecule has 1 aliphatic heterocycles. The van der Waals surface area contributed by atoms with Crippen molar-refractivity contribution in [3.8, 4) is 0 Å². The van der Waals surface area contributed by atoms with Crippen LogP contribution in [0, 0.1) is 11.8 Å². The summed E-state index contributed by atoms with van der Waals surface area (Å²) in [6, 6.07) is 1.77. The standard InChI is InChI=1S/C12H18ClN3/c1-8(2)9-3-4-16(7-9)12-11(13)5-10(14)6-15-12/h5-6,8-9H,3-4,7,14H2,1-2H3. The second-order valence-corrected chi connectivity index (χ2v) is 5.22. The van der Waals surface area contributed by atoms with Gasteiger partial charge in [0, 0.05) is 13.1 Å². The summed E-state index contributed by atoms with van der Waals surface area (Å²) in [6.07, 6.45) is 2.89. The van der Waals surface area contributed by atoms with Crippen molar-refractivity contribution in [1.29, 1.82) is 0 Å². The summed E-state index contributed by atoms with van der Waals surface area (Å²) in [7, 11) is 0. The Morgan fingerprint density at radius 1 is 1.56 bits per heavy atom. The second-order valence-electron chi connectivity index (χ2n) is 4.81. The molecule has 1 aromatic heterocycles. The van der Waals surface area contributed by atoms with Crippen molar-refractivity contribution in [2.24, 2.45) is 11.8 Å². The van der Waals surface area contributed by atoms with Gasteiger partial charge >= 0.3 is 0 Å². The van der Waals surface area contributed by atoms with E-state index in [1.54, 1.807) is 12.3 Å². The van der Waals surface area contributed by atoms with Gasteiger partial charge in [-0.2, -0.15) is 0 Å². The largest absolute Gasteiger partial charge is 0.397 e. The maximum atomic E-state index is 6.15. The van der Waals surface area contributed by atoms with Crippen LogP contribution in [-0.2, 0) is 0 Å². The maximum absolute atomic E-state index is 6.15. The molecule has 0 spiro atoms. The summed E-state index contributed by atoms with van der Waals surface area (Å²) in [5.41, 5.74) is 6.26. The number of aromatic nitrogens is 1. The summed E-state index contributed by atoms with van der Waals surface area (Å²) in [6.45, 7) is 6.63. The number of halogens is 1. The van der Waals surface area contributed by atoms with Crippen molar-refractivity contribution in [2.45, 2.75) is 20.3 Å². The molecule has 88 valence electrons. The van der Waals surface area contributed by atoms with Crippen molar-refractivity contribution in [1.82, 2.24) is 4.98 Å². The Hall–Kier alpha value is -0.960. The molecule has 0 saturated carbocycles. The van der Waals surface area contributed by atoms with Crippen LogP contribution in [0.3, 0.4) is 0 Å². The molecule has 1 fully saturated rings. The van der Waals surface area contributed by atoms with E-state index in [1.165, 1.54) is 6.42 Å². The highest BCUT2D eigenvalue weighted by atomic mass is 35.5. The topological polar surface area (TPSA) is 42.2 Å². The molecule has 1 aromatic rings. The van der Waals surface area contributed by atoms with Crippen molar-refractivity contribution in [3.63, 3.8) is 0 Å². The fourth-order valence-electron chi connectivity index (χ4n) is 2.20. The van der Waals surface area contributed by atoms with E-state index in [4.69, 9.17) is 17.3 Å². The van der Waals surface area contributed by atoms with Gasteiger partial charge in [-0.15, -0.1) is 0 Å². The van der Waals surface area contributed by atoms with Gasteiger partial charge in [-0.05, 0) is 24.3 Å². The third-order valence-corrected chi connectivity index (χ3v) is 3.59. The van der Waals surface area contributed by atoms with Gasteiger partial charge < -0.3 is 10.6 Å². The van der Waals surface area contributed by atoms with Gasteiger partial charge in [0.25, 0.3) is 0 Å². The molecule has 2 rings (SSSR count). The van der Waals surface area contributed by atoms with Crippen LogP contribution in [0.4, 0.5) is 11.5 Å². The number of hydrogen-bond donors (Lipinski definition) is 1. The Balaban J connectivity index is 2.14. The number of hydrogen-bond acceptors (Lipinski definition) is 3. The smallest absolute Gasteiger partial charge is 0.147 e. The quantitative estimate of drug-likeness (QED) is 0.863. The molecule has 1 aliphatic rings. The third-order valence-electron chi connectivity index (χ3n) is 3.31. The molecule has 0 amide bonds. The summed E-state index contributed by atoms with van der Waals surface area (Å²) >= 11 is 6.15. The van der Waals surface area contributed by atoms with E-state index in [0.29, 0.717) is 10.7 Å². The summed E-state index contributed by atoms with van der Waals surface area (Å²) in [5, 5.41) is 0.657. The molecular formula is C12H18ClN3. The predicted octanol–water partition coefficient (Wildman–Crippen LogP) is 2.80. The van der Waals surface area contributed by atoms with Crippen LogP contribution >= 0.6 is 11.6 Å². The maximum Gasteiger partial charge on any atom is 0.147 e. The summed E-state index contributed by atoms with van der Waals surface area (Å²) < 4.78 is 0. The van der Waals surface area contributed by atoms with Gasteiger partial charge in [0.05, 0.1) is 16.9 Å². The first kappa shape index (κ1) is 11.5. The Labute approximate surface area is 102 Å². The van der Waals surface area contributed by atoms with E-state index in [9.17, 15) is 0 Å². The molecule has 2 heterocycles. The zero-order valence-electron chi connectivity index (χ0n) is 9.78. The van der Waals surface area contributed by atoms with Crippen molar-refractivity contribution in [3.05, 3.63) is 17.3 Å². The van der Waals surface area contributed by atoms with Crippen molar-refractivity contribution in [2.75, 3.05) is 23.7 Å². The number of nitrogens with zero attached hydrogens (tertiary/aromatic N) is 2. The number of anilines is 2. The molecule has 0 radical (unpaired) electrons. The molecule has 2 N–H and O–H groups in total. The molecule has 0 bridgehead atoms. The van der Waals surface area contributed by atoms with E-state index < -0.39 is 0 Å². The molecule has 1 atom stereocenters. The first-order valence-corrected chi connectivity index (χ1v) is 6.11. The average Bonchev–Trinajstić information content (AvgIpc) is 2.66. The van der Waals surface area contributed by atoms with Gasteiger partial charge in [-0.1, -0.05) is 25.4 Å². The minimum atomic E-state index is 0.619. The molecular weight excluding hydrogens is 222 g/mol. The Morgan fingerprint density at radius 2 is 2.31 bits per heavy atom. The normalized spacial score (nSPS) is 20.8. The third kappa shape index (κ3) is 2.24. The molecule has 0 aliphatic carbocycles. The number of nitrogen functional groups attached to an aromatic ring is 1. The molecule has 16 heavy (non-hydrogen) atoms. The minimum absolute atomic E-state index is 0.619. The van der Waals surface area contributed by atoms with Gasteiger partial charge in [0.2, 0.25) is 0 Å². The van der Waals surface area contributed by atoms with Crippen LogP contribution in [-0.4, -0.2) is 18.1 Å². The number of pyridine rings is 1. The minimum Gasteiger partial charge on any atom is -0.397 e. The highest BCUT2D eigenvalue weighted by molar-refractivity contribution is 6.33. The molecule has 1 unspecified atom stereocenters. The summed E-state index contributed by atoms with van der Waals surface area (Å²) in [5.74, 6) is 2.34. The van der Waals surface area contributed by atoms with Gasteiger partial charge in [-0.25, -0.2) is 4.98 Å². The van der Waals surface area contributed by atoms with Crippen LogP contribution < -0.4 is 10.6 Å². The number of rotatable bonds is 2. The Morgan fingerprint density at radius 3 is 2.88 bits per heavy atom. The lowest BCUT2D eigenvalue weighted by atomic mass is 9.95. The zero-order valence-corrected chi connectivity index (χ0v) is 10.5. The lowest BCUT2D eigenvalue weighted by molar-refractivity contribution is 0.422. The lowest BCUT2D eigenvalue weighted by Crippen LogP contribution is -2.22. The first-order chi connectivity index (χ1) is 7.58. The van der Waals surface area contributed by atoms with Crippen molar-refractivity contribution >= 4 is 23.1 Å². The van der Waals surface area contributed by atoms with Crippen LogP contribution in [0.15, 0.2) is 12.3 Å². The van der Waals surface area contributed by atoms with Crippen LogP contribution in [0.1, 0.15) is 20.3 Å². The lowest BCUT2D eigenvalue weighted by Gasteiger charge is -2.20. The fraction of sp³-hybridized carbons (Fsp3) is 0.583. The van der Waals surface area contributed by atoms with Crippen molar-refractivity contribution < 1.29 is 0 Å². The van der Waals surface area contributed by atoms with Gasteiger partial charge in [0.1, 0.15) is 5.82 Å². The van der Waals surface area contributed by atoms with E-state index >= 15 is 0 Å². The number of nitrogens with two attached hydrogens (primary N) is 1. The molecule has 0 aromatic carbocycles. The Bertz CT molecular complexity index is 379. The first-order valence-electron chi connectivity index (χ1n) is 5.74. The zero-order chi connectivity index (χ0) is 11.7. The highest BCUT2D eigenvalue weighted by Crippen LogP contribution is 2.31. The van der Waals surface area contributed by atoms with Gasteiger partial charge in [0.15, 0.2) is 0 Å². The van der Waals surface area contributed by atoms with Crippen LogP contribution in [0.25, 0.3) is 0 Å².